The van der Waals surface area contributed by atoms with Crippen LogP contribution in [0.15, 0.2) is 18.2 Å². The zero-order valence-electron chi connectivity index (χ0n) is 17.2. The lowest BCUT2D eigenvalue weighted by Crippen LogP contribution is -2.68. The molecule has 2 aliphatic carbocycles. The lowest BCUT2D eigenvalue weighted by Gasteiger charge is -2.60. The average molecular weight is 383 g/mol. The predicted molar refractivity (Wildman–Crippen MR) is 110 cm³/mol. The SMILES string of the molecule is COc1ccc2c(c1)[C@@]13CCN(CC4CC4)[C@@H](C2)C1OCC(N1CCCC1)C3. The fraction of sp³-hybridized carbons (Fsp3) is 0.750. The zero-order valence-corrected chi connectivity index (χ0v) is 17.2. The quantitative estimate of drug-likeness (QED) is 0.798. The summed E-state index contributed by atoms with van der Waals surface area (Å²) in [6.45, 7) is 5.99. The van der Waals surface area contributed by atoms with E-state index in [1.54, 1.807) is 18.2 Å². The van der Waals surface area contributed by atoms with Gasteiger partial charge in [0.2, 0.25) is 0 Å². The van der Waals surface area contributed by atoms with Gasteiger partial charge in [-0.15, -0.1) is 0 Å². The van der Waals surface area contributed by atoms with Crippen molar-refractivity contribution in [2.45, 2.75) is 68.5 Å². The van der Waals surface area contributed by atoms with Crippen LogP contribution in [0.1, 0.15) is 49.7 Å². The minimum absolute atomic E-state index is 0.179. The summed E-state index contributed by atoms with van der Waals surface area (Å²) in [6.07, 6.45) is 9.60. The molecular weight excluding hydrogens is 348 g/mol. The minimum atomic E-state index is 0.179. The van der Waals surface area contributed by atoms with Crippen LogP contribution in [0.3, 0.4) is 0 Å². The van der Waals surface area contributed by atoms with Crippen LogP contribution in [0.2, 0.25) is 0 Å². The highest BCUT2D eigenvalue weighted by Crippen LogP contribution is 2.53. The molecule has 4 nitrogen and oxygen atoms in total. The second-order valence-electron chi connectivity index (χ2n) is 9.99. The molecule has 152 valence electrons. The Balaban J connectivity index is 1.39. The Morgan fingerprint density at radius 2 is 2.04 bits per heavy atom. The molecule has 6 rings (SSSR count). The van der Waals surface area contributed by atoms with Gasteiger partial charge in [-0.05, 0) is 93.8 Å². The molecule has 4 fully saturated rings. The first kappa shape index (κ1) is 17.7. The number of hydrogen-bond acceptors (Lipinski definition) is 4. The number of nitrogens with zero attached hydrogens (tertiary/aromatic N) is 2. The second kappa shape index (κ2) is 6.72. The van der Waals surface area contributed by atoms with E-state index in [2.05, 4.69) is 28.0 Å². The van der Waals surface area contributed by atoms with Crippen LogP contribution < -0.4 is 4.74 Å². The maximum absolute atomic E-state index is 6.80. The van der Waals surface area contributed by atoms with Crippen molar-refractivity contribution >= 4 is 0 Å². The summed E-state index contributed by atoms with van der Waals surface area (Å²) < 4.78 is 12.4. The van der Waals surface area contributed by atoms with Gasteiger partial charge in [0.25, 0.3) is 0 Å². The minimum Gasteiger partial charge on any atom is -0.497 e. The van der Waals surface area contributed by atoms with Crippen LogP contribution in [0.4, 0.5) is 0 Å². The van der Waals surface area contributed by atoms with Crippen LogP contribution in [-0.4, -0.2) is 67.9 Å². The summed E-state index contributed by atoms with van der Waals surface area (Å²) >= 11 is 0. The molecule has 3 saturated heterocycles. The number of hydrogen-bond donors (Lipinski definition) is 0. The Morgan fingerprint density at radius 1 is 1.18 bits per heavy atom. The lowest BCUT2D eigenvalue weighted by molar-refractivity contribution is -0.150. The van der Waals surface area contributed by atoms with E-state index in [1.807, 2.05) is 0 Å². The molecule has 3 heterocycles. The number of likely N-dealkylation sites (tertiary alicyclic amines) is 2. The fourth-order valence-electron chi connectivity index (χ4n) is 6.78. The summed E-state index contributed by atoms with van der Waals surface area (Å²) in [6, 6.07) is 8.02. The molecule has 1 aromatic carbocycles. The summed E-state index contributed by atoms with van der Waals surface area (Å²) in [5.74, 6) is 1.96. The van der Waals surface area contributed by atoms with E-state index in [4.69, 9.17) is 9.47 Å². The van der Waals surface area contributed by atoms with Gasteiger partial charge in [0.1, 0.15) is 5.75 Å². The third-order valence-corrected chi connectivity index (χ3v) is 8.41. The summed E-state index contributed by atoms with van der Waals surface area (Å²) in [7, 11) is 1.80. The molecule has 5 aliphatic rings. The molecule has 0 radical (unpaired) electrons. The van der Waals surface area contributed by atoms with Crippen molar-refractivity contribution < 1.29 is 9.47 Å². The van der Waals surface area contributed by atoms with Gasteiger partial charge in [0, 0.05) is 24.0 Å². The van der Waals surface area contributed by atoms with Gasteiger partial charge in [0.15, 0.2) is 0 Å². The molecule has 4 atom stereocenters. The number of methoxy groups -OCH3 is 1. The summed E-state index contributed by atoms with van der Waals surface area (Å²) in [4.78, 5) is 5.51. The Hall–Kier alpha value is -1.10. The van der Waals surface area contributed by atoms with Gasteiger partial charge >= 0.3 is 0 Å². The van der Waals surface area contributed by atoms with Gasteiger partial charge in [0.05, 0.1) is 19.8 Å². The zero-order chi connectivity index (χ0) is 18.7. The molecule has 1 aromatic rings. The average Bonchev–Trinajstić information content (AvgIpc) is 3.38. The molecule has 2 unspecified atom stereocenters. The molecule has 28 heavy (non-hydrogen) atoms. The Morgan fingerprint density at radius 3 is 2.82 bits per heavy atom. The monoisotopic (exact) mass is 382 g/mol. The first-order valence-corrected chi connectivity index (χ1v) is 11.5. The van der Waals surface area contributed by atoms with Gasteiger partial charge in [-0.3, -0.25) is 9.80 Å². The molecule has 3 aliphatic heterocycles. The first-order valence-electron chi connectivity index (χ1n) is 11.5. The van der Waals surface area contributed by atoms with Crippen molar-refractivity contribution in [3.8, 4) is 5.75 Å². The fourth-order valence-corrected chi connectivity index (χ4v) is 6.78. The third-order valence-electron chi connectivity index (χ3n) is 8.41. The first-order chi connectivity index (χ1) is 13.8. The molecule has 2 bridgehead atoms. The van der Waals surface area contributed by atoms with Crippen molar-refractivity contribution in [3.05, 3.63) is 29.3 Å². The molecule has 4 heteroatoms. The third kappa shape index (κ3) is 2.75. The van der Waals surface area contributed by atoms with Crippen LogP contribution in [-0.2, 0) is 16.6 Å². The number of rotatable bonds is 4. The highest BCUT2D eigenvalue weighted by molar-refractivity contribution is 5.46. The molecule has 0 amide bonds. The second-order valence-corrected chi connectivity index (χ2v) is 9.99. The van der Waals surface area contributed by atoms with E-state index in [1.165, 1.54) is 64.7 Å². The van der Waals surface area contributed by atoms with E-state index < -0.39 is 0 Å². The number of ether oxygens (including phenoxy) is 2. The maximum Gasteiger partial charge on any atom is 0.119 e. The van der Waals surface area contributed by atoms with Crippen molar-refractivity contribution in [2.75, 3.05) is 39.9 Å². The smallest absolute Gasteiger partial charge is 0.119 e. The normalized spacial score (nSPS) is 38.1. The molecule has 0 aromatic heterocycles. The standard InChI is InChI=1S/C24H34N2O2/c1-27-20-7-6-18-12-22-23-24(21(18)13-20,8-11-26(22)15-17-4-5-17)14-19(16-28-23)25-9-2-3-10-25/h6-7,13,17,19,22-23H,2-5,8-12,14-16H2,1H3/t19?,22-,23?,24-/m0/s1. The summed E-state index contributed by atoms with van der Waals surface area (Å²) in [5, 5.41) is 0. The molecule has 0 N–H and O–H groups in total. The number of fused-ring (bicyclic) bond motifs is 1. The number of piperidine rings is 1. The highest BCUT2D eigenvalue weighted by Gasteiger charge is 2.57. The Labute approximate surface area is 169 Å². The van der Waals surface area contributed by atoms with Crippen LogP contribution in [0.5, 0.6) is 5.75 Å². The van der Waals surface area contributed by atoms with Crippen LogP contribution in [0, 0.1) is 5.92 Å². The lowest BCUT2D eigenvalue weighted by atomic mass is 9.58. The van der Waals surface area contributed by atoms with E-state index in [0.717, 1.165) is 24.7 Å². The van der Waals surface area contributed by atoms with Crippen molar-refractivity contribution in [3.63, 3.8) is 0 Å². The predicted octanol–water partition coefficient (Wildman–Crippen LogP) is 3.23. The molecular formula is C24H34N2O2. The topological polar surface area (TPSA) is 24.9 Å². The van der Waals surface area contributed by atoms with E-state index in [-0.39, 0.29) is 5.41 Å². The summed E-state index contributed by atoms with van der Waals surface area (Å²) in [5.41, 5.74) is 3.27. The Bertz CT molecular complexity index is 742. The molecule has 1 saturated carbocycles. The largest absolute Gasteiger partial charge is 0.497 e. The van der Waals surface area contributed by atoms with Crippen LogP contribution >= 0.6 is 0 Å². The van der Waals surface area contributed by atoms with Gasteiger partial charge in [-0.25, -0.2) is 0 Å². The van der Waals surface area contributed by atoms with Crippen LogP contribution in [0.25, 0.3) is 0 Å². The van der Waals surface area contributed by atoms with Gasteiger partial charge in [-0.1, -0.05) is 6.07 Å². The molecule has 0 spiro atoms. The van der Waals surface area contributed by atoms with E-state index in [9.17, 15) is 0 Å². The van der Waals surface area contributed by atoms with E-state index in [0.29, 0.717) is 18.2 Å². The van der Waals surface area contributed by atoms with Crippen molar-refractivity contribution in [1.29, 1.82) is 0 Å². The van der Waals surface area contributed by atoms with Gasteiger partial charge in [-0.2, -0.15) is 0 Å². The van der Waals surface area contributed by atoms with Crippen molar-refractivity contribution in [2.24, 2.45) is 5.92 Å². The van der Waals surface area contributed by atoms with Crippen molar-refractivity contribution in [1.82, 2.24) is 9.80 Å². The van der Waals surface area contributed by atoms with Gasteiger partial charge < -0.3 is 9.47 Å². The maximum atomic E-state index is 6.80. The highest BCUT2D eigenvalue weighted by atomic mass is 16.5. The van der Waals surface area contributed by atoms with E-state index >= 15 is 0 Å². The Kier molecular flexibility index (Phi) is 4.25. The number of benzene rings is 1.